The monoisotopic (exact) mass is 473 g/mol. The van der Waals surface area contributed by atoms with Gasteiger partial charge >= 0.3 is 12.0 Å². The van der Waals surface area contributed by atoms with Crippen LogP contribution in [-0.2, 0) is 20.7 Å². The van der Waals surface area contributed by atoms with Crippen LogP contribution < -0.4 is 10.6 Å². The number of esters is 1. The Hall–Kier alpha value is -4.04. The number of para-hydroxylation sites is 1. The first-order chi connectivity index (χ1) is 17.0. The van der Waals surface area contributed by atoms with Gasteiger partial charge in [0.15, 0.2) is 6.61 Å². The van der Waals surface area contributed by atoms with Gasteiger partial charge in [-0.25, -0.2) is 14.6 Å². The highest BCUT2D eigenvalue weighted by atomic mass is 16.5. The molecule has 0 radical (unpaired) electrons. The molecule has 1 aliphatic rings. The summed E-state index contributed by atoms with van der Waals surface area (Å²) in [7, 11) is 1.50. The number of aromatic nitrogens is 1. The van der Waals surface area contributed by atoms with Crippen molar-refractivity contribution in [2.75, 3.05) is 26.9 Å². The van der Waals surface area contributed by atoms with Gasteiger partial charge in [0.1, 0.15) is 0 Å². The lowest BCUT2D eigenvalue weighted by Crippen LogP contribution is -2.42. The minimum absolute atomic E-state index is 0.253. The maximum absolute atomic E-state index is 13.2. The van der Waals surface area contributed by atoms with Crippen molar-refractivity contribution in [1.29, 1.82) is 0 Å². The molecule has 0 saturated heterocycles. The van der Waals surface area contributed by atoms with Gasteiger partial charge in [0.2, 0.25) is 0 Å². The number of allylic oxidation sites excluding steroid dienone is 1. The molecular weight excluding hydrogens is 446 g/mol. The third kappa shape index (κ3) is 5.73. The number of hydrogen-bond donors (Lipinski definition) is 2. The van der Waals surface area contributed by atoms with Crippen molar-refractivity contribution in [3.05, 3.63) is 76.5 Å². The van der Waals surface area contributed by atoms with Crippen LogP contribution in [0.4, 0.5) is 4.79 Å². The van der Waals surface area contributed by atoms with Crippen LogP contribution in [0.25, 0.3) is 22.6 Å². The summed E-state index contributed by atoms with van der Waals surface area (Å²) in [4.78, 5) is 41.8. The van der Waals surface area contributed by atoms with Crippen molar-refractivity contribution in [3.8, 4) is 0 Å². The lowest BCUT2D eigenvalue weighted by Gasteiger charge is -2.12. The normalized spacial score (nSPS) is 13.5. The summed E-state index contributed by atoms with van der Waals surface area (Å²) in [6.45, 7) is 2.04. The fraction of sp³-hybridized carbons (Fsp3) is 0.259. The fourth-order valence-corrected chi connectivity index (χ4v) is 4.05. The van der Waals surface area contributed by atoms with E-state index in [0.717, 1.165) is 28.8 Å². The Bertz CT molecular complexity index is 1300. The van der Waals surface area contributed by atoms with E-state index >= 15 is 0 Å². The van der Waals surface area contributed by atoms with Crippen molar-refractivity contribution in [2.45, 2.75) is 19.8 Å². The number of rotatable bonds is 7. The van der Waals surface area contributed by atoms with Gasteiger partial charge in [0.05, 0.1) is 23.4 Å². The number of carbonyl (C=O) groups excluding carboxylic acids is 3. The molecule has 2 aromatic carbocycles. The van der Waals surface area contributed by atoms with Crippen LogP contribution in [0.15, 0.2) is 48.5 Å². The SMILES string of the molecule is COCCNC(=O)NC(=O)COC(=O)c1c2c(nc3ccccc13)/C(=C/c1ccc(C)cc1)CC2. The van der Waals surface area contributed by atoms with Crippen molar-refractivity contribution in [3.63, 3.8) is 0 Å². The molecular formula is C27H27N3O5. The molecule has 1 aliphatic carbocycles. The highest BCUT2D eigenvalue weighted by Gasteiger charge is 2.28. The molecule has 1 heterocycles. The number of methoxy groups -OCH3 is 1. The van der Waals surface area contributed by atoms with E-state index in [2.05, 4.69) is 41.0 Å². The topological polar surface area (TPSA) is 107 Å². The van der Waals surface area contributed by atoms with E-state index in [0.29, 0.717) is 29.5 Å². The summed E-state index contributed by atoms with van der Waals surface area (Å²) in [5.41, 5.74) is 5.98. The zero-order chi connectivity index (χ0) is 24.8. The summed E-state index contributed by atoms with van der Waals surface area (Å²) >= 11 is 0. The summed E-state index contributed by atoms with van der Waals surface area (Å²) in [5, 5.41) is 5.27. The standard InChI is InChI=1S/C27H27N3O5/c1-17-7-9-18(10-8-17)15-19-11-12-21-24(20-5-3-4-6-22(20)29-25(19)21)26(32)35-16-23(31)30-27(33)28-13-14-34-2/h3-10,15H,11-14,16H2,1-2H3,(H2,28,30,31,33)/b19-15+. The molecule has 0 spiro atoms. The molecule has 8 nitrogen and oxygen atoms in total. The number of ether oxygens (including phenoxy) is 2. The number of pyridine rings is 1. The molecule has 3 amide bonds. The van der Waals surface area contributed by atoms with Crippen LogP contribution in [-0.4, -0.2) is 49.8 Å². The van der Waals surface area contributed by atoms with Crippen LogP contribution in [0.3, 0.4) is 0 Å². The number of imide groups is 1. The zero-order valence-corrected chi connectivity index (χ0v) is 19.7. The maximum Gasteiger partial charge on any atom is 0.339 e. The number of nitrogens with zero attached hydrogens (tertiary/aromatic N) is 1. The average Bonchev–Trinajstić information content (AvgIpc) is 3.24. The second-order valence-corrected chi connectivity index (χ2v) is 8.28. The second-order valence-electron chi connectivity index (χ2n) is 8.28. The van der Waals surface area contributed by atoms with E-state index in [4.69, 9.17) is 14.5 Å². The summed E-state index contributed by atoms with van der Waals surface area (Å²) < 4.78 is 10.1. The van der Waals surface area contributed by atoms with Gasteiger partial charge in [-0.3, -0.25) is 10.1 Å². The minimum Gasteiger partial charge on any atom is -0.452 e. The first kappa shape index (κ1) is 24.1. The number of carbonyl (C=O) groups is 3. The van der Waals surface area contributed by atoms with Crippen LogP contribution in [0.1, 0.15) is 39.2 Å². The molecule has 0 bridgehead atoms. The molecule has 0 saturated carbocycles. The Morgan fingerprint density at radius 1 is 1.06 bits per heavy atom. The molecule has 1 aromatic heterocycles. The third-order valence-corrected chi connectivity index (χ3v) is 5.74. The van der Waals surface area contributed by atoms with Gasteiger partial charge in [-0.05, 0) is 48.6 Å². The Balaban J connectivity index is 1.56. The quantitative estimate of drug-likeness (QED) is 0.401. The smallest absolute Gasteiger partial charge is 0.339 e. The maximum atomic E-state index is 13.2. The van der Waals surface area contributed by atoms with Crippen LogP contribution in [0.2, 0.25) is 0 Å². The Morgan fingerprint density at radius 2 is 1.83 bits per heavy atom. The summed E-state index contributed by atoms with van der Waals surface area (Å²) in [6, 6.07) is 14.9. The van der Waals surface area contributed by atoms with Crippen LogP contribution in [0, 0.1) is 6.92 Å². The molecule has 4 rings (SSSR count). The number of hydrogen-bond acceptors (Lipinski definition) is 6. The molecule has 0 unspecified atom stereocenters. The van der Waals surface area contributed by atoms with Crippen molar-refractivity contribution in [1.82, 2.24) is 15.6 Å². The van der Waals surface area contributed by atoms with Gasteiger partial charge in [-0.15, -0.1) is 0 Å². The Kier molecular flexibility index (Phi) is 7.52. The van der Waals surface area contributed by atoms with Gasteiger partial charge in [0.25, 0.3) is 5.91 Å². The molecule has 35 heavy (non-hydrogen) atoms. The van der Waals surface area contributed by atoms with Crippen LogP contribution in [0.5, 0.6) is 0 Å². The van der Waals surface area contributed by atoms with Crippen molar-refractivity contribution >= 4 is 40.5 Å². The van der Waals surface area contributed by atoms with Crippen molar-refractivity contribution in [2.24, 2.45) is 0 Å². The van der Waals surface area contributed by atoms with E-state index in [-0.39, 0.29) is 6.54 Å². The Labute approximate surface area is 203 Å². The molecule has 0 aliphatic heterocycles. The number of urea groups is 1. The number of aryl methyl sites for hydroxylation is 1. The largest absolute Gasteiger partial charge is 0.452 e. The van der Waals surface area contributed by atoms with E-state index < -0.39 is 24.5 Å². The predicted octanol–water partition coefficient (Wildman–Crippen LogP) is 3.66. The predicted molar refractivity (Wildman–Crippen MR) is 133 cm³/mol. The molecule has 180 valence electrons. The second kappa shape index (κ2) is 10.9. The number of fused-ring (bicyclic) bond motifs is 2. The third-order valence-electron chi connectivity index (χ3n) is 5.74. The minimum atomic E-state index is -0.719. The first-order valence-electron chi connectivity index (χ1n) is 11.4. The summed E-state index contributed by atoms with van der Waals surface area (Å²) in [5.74, 6) is -1.34. The zero-order valence-electron chi connectivity index (χ0n) is 19.7. The van der Waals surface area contributed by atoms with Gasteiger partial charge in [-0.1, -0.05) is 48.0 Å². The molecule has 0 fully saturated rings. The molecule has 2 N–H and O–H groups in total. The molecule has 3 aromatic rings. The molecule has 0 atom stereocenters. The highest BCUT2D eigenvalue weighted by Crippen LogP contribution is 2.37. The number of benzene rings is 2. The number of amides is 3. The van der Waals surface area contributed by atoms with Gasteiger partial charge in [0, 0.05) is 19.0 Å². The first-order valence-corrected chi connectivity index (χ1v) is 11.4. The molecule has 8 heteroatoms. The average molecular weight is 474 g/mol. The lowest BCUT2D eigenvalue weighted by atomic mass is 10.0. The Morgan fingerprint density at radius 3 is 2.60 bits per heavy atom. The van der Waals surface area contributed by atoms with E-state index in [1.54, 1.807) is 0 Å². The lowest BCUT2D eigenvalue weighted by molar-refractivity contribution is -0.123. The van der Waals surface area contributed by atoms with Crippen molar-refractivity contribution < 1.29 is 23.9 Å². The van der Waals surface area contributed by atoms with E-state index in [1.807, 2.05) is 31.2 Å². The summed E-state index contributed by atoms with van der Waals surface area (Å²) in [6.07, 6.45) is 3.48. The van der Waals surface area contributed by atoms with E-state index in [9.17, 15) is 14.4 Å². The van der Waals surface area contributed by atoms with Crippen LogP contribution >= 0.6 is 0 Å². The fourth-order valence-electron chi connectivity index (χ4n) is 4.05. The van der Waals surface area contributed by atoms with Gasteiger partial charge in [-0.2, -0.15) is 0 Å². The highest BCUT2D eigenvalue weighted by molar-refractivity contribution is 6.08. The number of nitrogens with one attached hydrogen (secondary N) is 2. The van der Waals surface area contributed by atoms with Gasteiger partial charge < -0.3 is 14.8 Å². The van der Waals surface area contributed by atoms with E-state index in [1.165, 1.54) is 12.7 Å².